The number of aliphatic hydroxyl groups excluding tert-OH is 4. The van der Waals surface area contributed by atoms with Crippen molar-refractivity contribution in [3.05, 3.63) is 48.6 Å². The number of Topliss-reactive ketones (excluding diaryl/α,β-unsaturated/α-hetero) is 1. The van der Waals surface area contributed by atoms with E-state index in [1.165, 1.54) is 0 Å². The number of rotatable bonds is 9. The van der Waals surface area contributed by atoms with Crippen molar-refractivity contribution in [1.29, 1.82) is 0 Å². The number of hydrogen-bond donors (Lipinski definition) is 6. The zero-order valence-corrected chi connectivity index (χ0v) is 80.8. The molecular formula is C103H153NO30S. The van der Waals surface area contributed by atoms with E-state index >= 15 is 0 Å². The summed E-state index contributed by atoms with van der Waals surface area (Å²) in [7, 11) is -1.71. The summed E-state index contributed by atoms with van der Waals surface area (Å²) in [6.45, 7) is 26.8. The molecule has 24 bridgehead atoms. The highest BCUT2D eigenvalue weighted by atomic mass is 32.2. The van der Waals surface area contributed by atoms with Crippen LogP contribution in [0.1, 0.15) is 252 Å². The van der Waals surface area contributed by atoms with Gasteiger partial charge in [-0.3, -0.25) is 9.59 Å². The molecule has 23 aliphatic heterocycles. The largest absolute Gasteiger partial charge is 0.462 e. The number of carbonyl (C=O) groups excluding carboxylic acids is 2. The second-order valence-corrected chi connectivity index (χ2v) is 49.1. The first-order chi connectivity index (χ1) is 64.8. The summed E-state index contributed by atoms with van der Waals surface area (Å²) >= 11 is 0. The van der Waals surface area contributed by atoms with Gasteiger partial charge in [0.25, 0.3) is 0 Å². The lowest BCUT2D eigenvalue weighted by molar-refractivity contribution is -0.293. The number of esters is 1. The lowest BCUT2D eigenvalue weighted by Crippen LogP contribution is -2.61. The predicted octanol–water partition coefficient (Wildman–Crippen LogP) is 9.94. The maximum atomic E-state index is 14.6. The quantitative estimate of drug-likeness (QED) is 0.0710. The van der Waals surface area contributed by atoms with Crippen molar-refractivity contribution < 1.29 is 143 Å². The Morgan fingerprint density at radius 3 is 1.55 bits per heavy atom. The van der Waals surface area contributed by atoms with Gasteiger partial charge in [-0.25, -0.2) is 14.3 Å². The third-order valence-electron chi connectivity index (χ3n) is 37.6. The van der Waals surface area contributed by atoms with Gasteiger partial charge in [0.05, 0.1) is 177 Å². The minimum absolute atomic E-state index is 0.00788. The summed E-state index contributed by atoms with van der Waals surface area (Å²) in [5.41, 5.74) is 4.18. The van der Waals surface area contributed by atoms with Crippen LogP contribution in [0.5, 0.6) is 0 Å². The molecule has 32 heteroatoms. The highest BCUT2D eigenvalue weighted by molar-refractivity contribution is 7.90. The minimum atomic E-state index is -3.37. The number of hydrogen-bond acceptors (Lipinski definition) is 31. The summed E-state index contributed by atoms with van der Waals surface area (Å²) in [5, 5.41) is 47.6. The number of aliphatic hydroxyl groups is 4. The van der Waals surface area contributed by atoms with Crippen molar-refractivity contribution in [2.24, 2.45) is 65.1 Å². The zero-order chi connectivity index (χ0) is 93.5. The molecule has 5 unspecified atom stereocenters. The molecule has 0 radical (unpaired) electrons. The van der Waals surface area contributed by atoms with Crippen molar-refractivity contribution in [2.75, 3.05) is 25.7 Å². The molecule has 0 amide bonds. The van der Waals surface area contributed by atoms with Gasteiger partial charge in [0.15, 0.2) is 17.4 Å². The number of sulfone groups is 1. The Morgan fingerprint density at radius 1 is 0.422 bits per heavy atom. The number of nitrogens with two attached hydrogens (primary N) is 1. The van der Waals surface area contributed by atoms with Crippen LogP contribution in [0.2, 0.25) is 0 Å². The van der Waals surface area contributed by atoms with Crippen LogP contribution in [-0.2, 0) is 119 Å². The molecule has 135 heavy (non-hydrogen) atoms. The van der Waals surface area contributed by atoms with Gasteiger partial charge in [0.2, 0.25) is 0 Å². The minimum Gasteiger partial charge on any atom is -0.462 e. The Balaban J connectivity index is 0.000000163. The summed E-state index contributed by atoms with van der Waals surface area (Å²) in [6.07, 6.45) is 16.9. The number of ketones is 1. The maximum Gasteiger partial charge on any atom is 0.308 e. The van der Waals surface area contributed by atoms with Gasteiger partial charge in [0.1, 0.15) is 82.8 Å². The SMILES string of the molecule is C=C1C[C@@H]2CC[C@@]34C[C@H]5O[C@H]6[C@@H](O3)[C@H]3O[C@H](CC[C@@H]3O[C@H]6[C@H]5O4)CC(=O)C[C@H]3C(CC4O[C@@H](CCC1O2)C[C@@H](C)C4=C)C[C@H](C[C@H](O)CS(C)(=O)=O)[C@@H]3OC.C=C1C[C@@H]2CC[C@@]34C[C@H]5O[C@H]6[C@@H](O3)[C@H]3O[C@H](CC[C@@H]3O[C@H]6[C@H]5O4)CC(=O)O[C@H]3[C@H](CC4O[C@@H](CCC1O2)C[C@@H](C)C4=C)C[C@H]1C[C@H]2O[C@@]4(C[C@@H]5C[C@]6(CC[C@@H]7O[C@H]([C@H](O)C[C@H](O)CO)C[C@@H]7O6)C[C@H](C)[C@@H]5O4)C[C@H]2O[C@H]1[C@@H]3C.NO. The maximum absolute atomic E-state index is 14.6. The van der Waals surface area contributed by atoms with Crippen LogP contribution < -0.4 is 5.90 Å². The van der Waals surface area contributed by atoms with Gasteiger partial charge in [-0.15, -0.1) is 0 Å². The lowest BCUT2D eigenvalue weighted by atomic mass is 9.66. The van der Waals surface area contributed by atoms with E-state index in [1.54, 1.807) is 7.11 Å². The lowest BCUT2D eigenvalue weighted by Gasteiger charge is -2.50. The van der Waals surface area contributed by atoms with Crippen molar-refractivity contribution in [2.45, 2.75) is 495 Å². The number of fused-ring (bicyclic) bond motifs is 16. The van der Waals surface area contributed by atoms with Gasteiger partial charge in [-0.1, -0.05) is 54.0 Å². The van der Waals surface area contributed by atoms with E-state index in [0.29, 0.717) is 77.0 Å². The normalized spacial score (nSPS) is 53.4. The van der Waals surface area contributed by atoms with Crippen molar-refractivity contribution in [3.8, 4) is 0 Å². The fourth-order valence-electron chi connectivity index (χ4n) is 31.6. The second-order valence-electron chi connectivity index (χ2n) is 46.9. The molecule has 7 N–H and O–H groups in total. The number of methoxy groups -OCH3 is 1. The molecular weight excluding hydrogens is 1760 g/mol. The molecule has 756 valence electrons. The standard InChI is InChI=1S/C61H88O17.C42H62O12S.H3NO/c1-28-14-37-6-8-41-29(2)15-39(66-41)10-13-60-26-49-55(77-60)56-57(72-49)58(78-60)54-43(70-56)9-7-38(68-54)20-50(65)73-53-32(5)52-34(16-33(53)17-44(67-37)31(28)4)18-46-48(71-52)25-61(75-46)24-35-23-59(22-30(3)51(35)76-61)12-11-42-47(74-59)21-45(69-42)40(64)19-36(63)27-62;1-21-12-28-6-8-32-22(2)13-30(48-32)10-11-42-19-35-38(53-42)39-40(52-35)41(54-42)37-33(51-39)9-7-29(50-37)17-26(43)18-31-24(16-34(49-28)23(21)3)14-25(36(31)47-4)15-27(44)20-55(5,45)46;1-2/h28,30,32-49,51-58,62-64H,2,4,6-27H2,1,3,5H3;21,24-25,27-41,44H,2-3,6-20H2,1,4-5H3;2H,1H2/t28-,30+,32+,33+,34+,35+,36+,37+,38-,39+,40-,41?,42+,43+,44?,45+,46-,47+,48-,49-,51+,52+,53-,54+,55+,56+,57-,58+,59+,60+,61-;21-,24?,25-,27+,28+,29-,30+,31+,32?,33+,34?,35-,36+,37+,38+,39+,40-,41+,42+;/m11./s1. The molecule has 26 aliphatic rings. The topological polar surface area (TPSA) is 389 Å². The molecule has 0 aromatic carbocycles. The number of ether oxygens (including phenoxy) is 21. The molecule has 31 nitrogen and oxygen atoms in total. The molecule has 26 rings (SSSR count). The molecule has 3 saturated carbocycles. The van der Waals surface area contributed by atoms with Crippen LogP contribution in [0.25, 0.3) is 0 Å². The van der Waals surface area contributed by atoms with E-state index in [0.717, 1.165) is 151 Å². The van der Waals surface area contributed by atoms with E-state index in [1.807, 2.05) is 0 Å². The average molecular weight is 1920 g/mol. The number of carbonyl (C=O) groups is 2. The van der Waals surface area contributed by atoms with Crippen molar-refractivity contribution in [1.82, 2.24) is 0 Å². The van der Waals surface area contributed by atoms with E-state index in [4.69, 9.17) is 105 Å². The van der Waals surface area contributed by atoms with E-state index in [-0.39, 0.29) is 298 Å². The van der Waals surface area contributed by atoms with Crippen LogP contribution in [0.15, 0.2) is 48.6 Å². The highest BCUT2D eigenvalue weighted by Crippen LogP contribution is 2.63. The van der Waals surface area contributed by atoms with Crippen molar-refractivity contribution in [3.63, 3.8) is 0 Å². The van der Waals surface area contributed by atoms with E-state index in [9.17, 15) is 38.4 Å². The fourth-order valence-corrected chi connectivity index (χ4v) is 32.4. The fraction of sp³-hybridized carbons (Fsp3) is 0.903. The van der Waals surface area contributed by atoms with Crippen LogP contribution >= 0.6 is 0 Å². The third kappa shape index (κ3) is 18.8. The third-order valence-corrected chi connectivity index (χ3v) is 38.6. The zero-order valence-electron chi connectivity index (χ0n) is 80.0. The van der Waals surface area contributed by atoms with E-state index in [2.05, 4.69) is 59.9 Å². The molecule has 26 fully saturated rings. The predicted molar refractivity (Wildman–Crippen MR) is 481 cm³/mol. The smallest absolute Gasteiger partial charge is 0.308 e. The van der Waals surface area contributed by atoms with E-state index < -0.39 is 63.8 Å². The van der Waals surface area contributed by atoms with Crippen LogP contribution in [0.4, 0.5) is 0 Å². The molecule has 0 aromatic heterocycles. The molecule has 0 aromatic rings. The van der Waals surface area contributed by atoms with Gasteiger partial charge >= 0.3 is 5.97 Å². The molecule has 50 atom stereocenters. The highest BCUT2D eigenvalue weighted by Gasteiger charge is 2.72. The second kappa shape index (κ2) is 38.1. The first kappa shape index (κ1) is 96.8. The Kier molecular flexibility index (Phi) is 27.3. The molecule has 23 heterocycles. The van der Waals surface area contributed by atoms with Crippen molar-refractivity contribution >= 4 is 21.6 Å². The van der Waals surface area contributed by atoms with Gasteiger partial charge in [0, 0.05) is 83.5 Å². The molecule has 3 aliphatic carbocycles. The van der Waals surface area contributed by atoms with Gasteiger partial charge < -0.3 is 125 Å². The summed E-state index contributed by atoms with van der Waals surface area (Å²) in [5.74, 6) is 1.75. The summed E-state index contributed by atoms with van der Waals surface area (Å²) in [4.78, 5) is 28.8. The van der Waals surface area contributed by atoms with Crippen LogP contribution in [-0.4, -0.2) is 314 Å². The average Bonchev–Trinajstić information content (AvgIpc) is 1.55. The molecule has 4 spiro atoms. The van der Waals surface area contributed by atoms with Gasteiger partial charge in [-0.05, 0) is 230 Å². The first-order valence-corrected chi connectivity index (χ1v) is 54.5. The van der Waals surface area contributed by atoms with Crippen LogP contribution in [0, 0.1) is 59.2 Å². The van der Waals surface area contributed by atoms with Crippen LogP contribution in [0.3, 0.4) is 0 Å². The summed E-state index contributed by atoms with van der Waals surface area (Å²) < 4.78 is 168. The van der Waals surface area contributed by atoms with Gasteiger partial charge in [-0.2, -0.15) is 0 Å². The Bertz CT molecular complexity index is 4450. The summed E-state index contributed by atoms with van der Waals surface area (Å²) in [6, 6.07) is 0. The molecule has 23 saturated heterocycles. The monoisotopic (exact) mass is 1920 g/mol. The first-order valence-electron chi connectivity index (χ1n) is 52.5. The Morgan fingerprint density at radius 2 is 0.948 bits per heavy atom. The Hall–Kier alpha value is -2.99. The Labute approximate surface area is 795 Å².